The fraction of sp³-hybridized carbons (Fsp3) is 0.348. The molecule has 6 nitrogen and oxygen atoms in total. The van der Waals surface area contributed by atoms with Gasteiger partial charge in [-0.3, -0.25) is 4.79 Å². The molecule has 0 atom stereocenters. The number of thioether (sulfide) groups is 1. The van der Waals surface area contributed by atoms with E-state index < -0.39 is 0 Å². The Morgan fingerprint density at radius 3 is 2.67 bits per heavy atom. The first-order valence-corrected chi connectivity index (χ1v) is 11.0. The standard InChI is InChI=1S/C23H25N3O3S/c1-28-19-10-7-15(13-20(19)29-2)11-12-24-21(27)14-30-23-17-5-3-4-6-18(17)25-22(26-23)16-8-9-16/h3-7,10,13,16H,8-9,11-12,14H2,1-2H3,(H,24,27). The topological polar surface area (TPSA) is 73.3 Å². The summed E-state index contributed by atoms with van der Waals surface area (Å²) in [5.41, 5.74) is 2.03. The van der Waals surface area contributed by atoms with Crippen molar-refractivity contribution in [2.24, 2.45) is 0 Å². The van der Waals surface area contributed by atoms with Crippen LogP contribution in [0.4, 0.5) is 0 Å². The molecule has 1 aromatic heterocycles. The quantitative estimate of drug-likeness (QED) is 0.415. The van der Waals surface area contributed by atoms with Crippen LogP contribution in [0.25, 0.3) is 10.9 Å². The number of nitrogens with one attached hydrogen (secondary N) is 1. The average molecular weight is 424 g/mol. The summed E-state index contributed by atoms with van der Waals surface area (Å²) >= 11 is 1.47. The molecule has 1 amide bonds. The van der Waals surface area contributed by atoms with Crippen LogP contribution in [-0.4, -0.2) is 42.4 Å². The fourth-order valence-corrected chi connectivity index (χ4v) is 4.12. The minimum atomic E-state index is -0.00357. The first-order valence-electron chi connectivity index (χ1n) is 10.0. The van der Waals surface area contributed by atoms with E-state index in [-0.39, 0.29) is 5.91 Å². The second-order valence-electron chi connectivity index (χ2n) is 7.26. The van der Waals surface area contributed by atoms with Crippen LogP contribution >= 0.6 is 11.8 Å². The van der Waals surface area contributed by atoms with Crippen LogP contribution < -0.4 is 14.8 Å². The van der Waals surface area contributed by atoms with Crippen LogP contribution in [0.5, 0.6) is 11.5 Å². The Hall–Kier alpha value is -2.80. The molecule has 30 heavy (non-hydrogen) atoms. The van der Waals surface area contributed by atoms with Crippen molar-refractivity contribution >= 4 is 28.6 Å². The molecule has 1 heterocycles. The van der Waals surface area contributed by atoms with Crippen molar-refractivity contribution in [3.8, 4) is 11.5 Å². The molecular weight excluding hydrogens is 398 g/mol. The Kier molecular flexibility index (Phi) is 6.38. The molecule has 1 N–H and O–H groups in total. The molecule has 0 aliphatic heterocycles. The van der Waals surface area contributed by atoms with E-state index in [4.69, 9.17) is 19.4 Å². The molecule has 0 bridgehead atoms. The highest BCUT2D eigenvalue weighted by atomic mass is 32.2. The number of carbonyl (C=O) groups is 1. The zero-order valence-corrected chi connectivity index (χ0v) is 18.0. The smallest absolute Gasteiger partial charge is 0.230 e. The molecule has 0 spiro atoms. The molecule has 3 aromatic rings. The number of rotatable bonds is 9. The van der Waals surface area contributed by atoms with Crippen molar-refractivity contribution in [2.75, 3.05) is 26.5 Å². The van der Waals surface area contributed by atoms with E-state index in [0.717, 1.165) is 46.6 Å². The van der Waals surface area contributed by atoms with Crippen molar-refractivity contribution < 1.29 is 14.3 Å². The lowest BCUT2D eigenvalue weighted by molar-refractivity contribution is -0.118. The molecule has 0 saturated heterocycles. The summed E-state index contributed by atoms with van der Waals surface area (Å²) in [5, 5.41) is 4.88. The maximum atomic E-state index is 12.4. The molecule has 1 aliphatic rings. The van der Waals surface area contributed by atoms with Gasteiger partial charge < -0.3 is 14.8 Å². The van der Waals surface area contributed by atoms with Gasteiger partial charge in [-0.15, -0.1) is 0 Å². The molecule has 4 rings (SSSR count). The molecule has 1 aliphatic carbocycles. The van der Waals surface area contributed by atoms with Crippen LogP contribution in [-0.2, 0) is 11.2 Å². The van der Waals surface area contributed by atoms with Crippen molar-refractivity contribution in [3.63, 3.8) is 0 Å². The second kappa shape index (κ2) is 9.34. The van der Waals surface area contributed by atoms with Gasteiger partial charge in [0.15, 0.2) is 11.5 Å². The van der Waals surface area contributed by atoms with Gasteiger partial charge in [-0.1, -0.05) is 36.0 Å². The maximum absolute atomic E-state index is 12.4. The number of hydrogen-bond acceptors (Lipinski definition) is 6. The third-order valence-corrected chi connectivity index (χ3v) is 6.04. The van der Waals surface area contributed by atoms with E-state index >= 15 is 0 Å². The zero-order chi connectivity index (χ0) is 20.9. The number of hydrogen-bond donors (Lipinski definition) is 1. The number of ether oxygens (including phenoxy) is 2. The van der Waals surface area contributed by atoms with Crippen molar-refractivity contribution in [2.45, 2.75) is 30.2 Å². The predicted molar refractivity (Wildman–Crippen MR) is 118 cm³/mol. The van der Waals surface area contributed by atoms with E-state index in [1.165, 1.54) is 11.8 Å². The SMILES string of the molecule is COc1ccc(CCNC(=O)CSc2nc(C3CC3)nc3ccccc23)cc1OC. The number of aromatic nitrogens is 2. The molecule has 7 heteroatoms. The van der Waals surface area contributed by atoms with Crippen molar-refractivity contribution in [1.82, 2.24) is 15.3 Å². The summed E-state index contributed by atoms with van der Waals surface area (Å²) in [6, 6.07) is 13.8. The lowest BCUT2D eigenvalue weighted by atomic mass is 10.1. The van der Waals surface area contributed by atoms with E-state index in [9.17, 15) is 4.79 Å². The summed E-state index contributed by atoms with van der Waals surface area (Å²) in [4.78, 5) is 21.8. The number of benzene rings is 2. The van der Waals surface area contributed by atoms with E-state index in [1.807, 2.05) is 42.5 Å². The van der Waals surface area contributed by atoms with E-state index in [2.05, 4.69) is 5.32 Å². The number of para-hydroxylation sites is 1. The number of fused-ring (bicyclic) bond motifs is 1. The Labute approximate surface area is 180 Å². The first kappa shape index (κ1) is 20.5. The summed E-state index contributed by atoms with van der Waals surface area (Å²) < 4.78 is 10.6. The molecule has 0 radical (unpaired) electrons. The highest BCUT2D eigenvalue weighted by molar-refractivity contribution is 8.00. The summed E-state index contributed by atoms with van der Waals surface area (Å²) in [6.07, 6.45) is 3.02. The monoisotopic (exact) mass is 423 g/mol. The van der Waals surface area contributed by atoms with Crippen molar-refractivity contribution in [1.29, 1.82) is 0 Å². The van der Waals surface area contributed by atoms with Gasteiger partial charge in [0, 0.05) is 17.8 Å². The van der Waals surface area contributed by atoms with Gasteiger partial charge in [0.1, 0.15) is 10.9 Å². The van der Waals surface area contributed by atoms with E-state index in [0.29, 0.717) is 29.7 Å². The Morgan fingerprint density at radius 1 is 1.10 bits per heavy atom. The van der Waals surface area contributed by atoms with Crippen LogP contribution in [0.3, 0.4) is 0 Å². The third-order valence-electron chi connectivity index (χ3n) is 5.05. The summed E-state index contributed by atoms with van der Waals surface area (Å²) in [6.45, 7) is 0.562. The lowest BCUT2D eigenvalue weighted by Crippen LogP contribution is -2.27. The molecule has 1 saturated carbocycles. The van der Waals surface area contributed by atoms with Gasteiger partial charge in [-0.25, -0.2) is 9.97 Å². The fourth-order valence-electron chi connectivity index (χ4n) is 3.27. The van der Waals surface area contributed by atoms with Gasteiger partial charge in [0.2, 0.25) is 5.91 Å². The number of amides is 1. The molecule has 156 valence electrons. The Bertz CT molecular complexity index is 1050. The van der Waals surface area contributed by atoms with Crippen LogP contribution in [0.2, 0.25) is 0 Å². The highest BCUT2D eigenvalue weighted by Gasteiger charge is 2.27. The van der Waals surface area contributed by atoms with Crippen LogP contribution in [0.15, 0.2) is 47.5 Å². The lowest BCUT2D eigenvalue weighted by Gasteiger charge is -2.10. The van der Waals surface area contributed by atoms with Crippen molar-refractivity contribution in [3.05, 3.63) is 53.9 Å². The van der Waals surface area contributed by atoms with Crippen LogP contribution in [0.1, 0.15) is 30.1 Å². The normalized spacial score (nSPS) is 13.3. The Morgan fingerprint density at radius 2 is 1.90 bits per heavy atom. The molecule has 1 fully saturated rings. The van der Waals surface area contributed by atoms with Gasteiger partial charge in [-0.2, -0.15) is 0 Å². The van der Waals surface area contributed by atoms with Crippen LogP contribution in [0, 0.1) is 0 Å². The van der Waals surface area contributed by atoms with Gasteiger partial charge in [-0.05, 0) is 43.0 Å². The summed E-state index contributed by atoms with van der Waals surface area (Å²) in [7, 11) is 3.23. The van der Waals surface area contributed by atoms with Gasteiger partial charge >= 0.3 is 0 Å². The number of carbonyl (C=O) groups excluding carboxylic acids is 1. The highest BCUT2D eigenvalue weighted by Crippen LogP contribution is 2.39. The largest absolute Gasteiger partial charge is 0.493 e. The van der Waals surface area contributed by atoms with E-state index in [1.54, 1.807) is 14.2 Å². The third kappa shape index (κ3) is 4.84. The second-order valence-corrected chi connectivity index (χ2v) is 8.22. The zero-order valence-electron chi connectivity index (χ0n) is 17.2. The number of methoxy groups -OCH3 is 2. The predicted octanol–water partition coefficient (Wildman–Crippen LogP) is 3.98. The minimum absolute atomic E-state index is 0.00357. The van der Waals surface area contributed by atoms with Gasteiger partial charge in [0.05, 0.1) is 25.5 Å². The molecule has 2 aromatic carbocycles. The maximum Gasteiger partial charge on any atom is 0.230 e. The first-order chi connectivity index (χ1) is 14.7. The minimum Gasteiger partial charge on any atom is -0.493 e. The molecule has 0 unspecified atom stereocenters. The summed E-state index contributed by atoms with van der Waals surface area (Å²) in [5.74, 6) is 3.10. The van der Waals surface area contributed by atoms with Gasteiger partial charge in [0.25, 0.3) is 0 Å². The number of nitrogens with zero attached hydrogens (tertiary/aromatic N) is 2. The Balaban J connectivity index is 1.33. The average Bonchev–Trinajstić information content (AvgIpc) is 3.62. The molecular formula is C23H25N3O3S.